The first-order valence-corrected chi connectivity index (χ1v) is 4.65. The van der Waals surface area contributed by atoms with Crippen molar-refractivity contribution in [2.24, 2.45) is 5.73 Å². The summed E-state index contributed by atoms with van der Waals surface area (Å²) in [6, 6.07) is 1.92. The Morgan fingerprint density at radius 1 is 1.33 bits per heavy atom. The lowest BCUT2D eigenvalue weighted by molar-refractivity contribution is 0.497. The van der Waals surface area contributed by atoms with Gasteiger partial charge in [0.1, 0.15) is 11.3 Å². The zero-order valence-electron chi connectivity index (χ0n) is 7.96. The molecule has 1 aromatic carbocycles. The fourth-order valence-corrected chi connectivity index (χ4v) is 1.37. The van der Waals surface area contributed by atoms with E-state index in [4.69, 9.17) is 10.2 Å². The molecule has 1 aromatic heterocycles. The molecule has 0 fully saturated rings. The fourth-order valence-electron chi connectivity index (χ4n) is 1.37. The van der Waals surface area contributed by atoms with Crippen LogP contribution in [0.15, 0.2) is 16.5 Å². The minimum absolute atomic E-state index is 0.00317. The van der Waals surface area contributed by atoms with Gasteiger partial charge in [0.25, 0.3) is 0 Å². The molecule has 0 atom stereocenters. The Hall–Kier alpha value is -1.49. The first-order valence-electron chi connectivity index (χ1n) is 4.65. The second-order valence-corrected chi connectivity index (χ2v) is 3.24. The summed E-state index contributed by atoms with van der Waals surface area (Å²) >= 11 is 0. The molecule has 5 heteroatoms. The number of oxazole rings is 1. The lowest BCUT2D eigenvalue weighted by Gasteiger charge is -1.90. The summed E-state index contributed by atoms with van der Waals surface area (Å²) in [7, 11) is 0. The monoisotopic (exact) mass is 212 g/mol. The highest BCUT2D eigenvalue weighted by Gasteiger charge is 2.11. The average Bonchev–Trinajstić information content (AvgIpc) is 2.57. The number of halogens is 2. The van der Waals surface area contributed by atoms with Crippen molar-refractivity contribution in [2.45, 2.75) is 12.8 Å². The third kappa shape index (κ3) is 1.97. The molecule has 80 valence electrons. The van der Waals surface area contributed by atoms with Crippen molar-refractivity contribution in [3.63, 3.8) is 0 Å². The van der Waals surface area contributed by atoms with Crippen molar-refractivity contribution in [2.75, 3.05) is 6.54 Å². The maximum Gasteiger partial charge on any atom is 0.195 e. The number of hydrogen-bond acceptors (Lipinski definition) is 3. The van der Waals surface area contributed by atoms with Crippen molar-refractivity contribution in [1.82, 2.24) is 4.98 Å². The van der Waals surface area contributed by atoms with Crippen LogP contribution >= 0.6 is 0 Å². The van der Waals surface area contributed by atoms with E-state index in [0.717, 1.165) is 12.1 Å². The van der Waals surface area contributed by atoms with E-state index in [1.54, 1.807) is 0 Å². The van der Waals surface area contributed by atoms with Crippen molar-refractivity contribution in [3.05, 3.63) is 29.7 Å². The Balaban J connectivity index is 2.41. The number of fused-ring (bicyclic) bond motifs is 1. The summed E-state index contributed by atoms with van der Waals surface area (Å²) in [6.07, 6.45) is 1.24. The Morgan fingerprint density at radius 3 is 2.87 bits per heavy atom. The van der Waals surface area contributed by atoms with Gasteiger partial charge < -0.3 is 10.2 Å². The Labute approximate surface area is 84.9 Å². The third-order valence-corrected chi connectivity index (χ3v) is 2.05. The quantitative estimate of drug-likeness (QED) is 0.846. The molecule has 0 saturated carbocycles. The molecule has 15 heavy (non-hydrogen) atoms. The summed E-state index contributed by atoms with van der Waals surface area (Å²) in [5, 5.41) is 0. The molecule has 0 aliphatic carbocycles. The predicted molar refractivity (Wildman–Crippen MR) is 51.3 cm³/mol. The van der Waals surface area contributed by atoms with E-state index in [9.17, 15) is 8.78 Å². The number of aryl methyl sites for hydroxylation is 1. The van der Waals surface area contributed by atoms with Crippen LogP contribution in [0.25, 0.3) is 11.1 Å². The van der Waals surface area contributed by atoms with Gasteiger partial charge in [0.05, 0.1) is 0 Å². The lowest BCUT2D eigenvalue weighted by Crippen LogP contribution is -2.00. The van der Waals surface area contributed by atoms with Crippen molar-refractivity contribution in [1.29, 1.82) is 0 Å². The number of nitrogens with two attached hydrogens (primary N) is 1. The number of benzene rings is 1. The Kier molecular flexibility index (Phi) is 2.64. The van der Waals surface area contributed by atoms with Crippen LogP contribution in [0.3, 0.4) is 0 Å². The standard InChI is InChI=1S/C10H10F2N2O/c11-6-4-7(12)10-8(5-6)14-9(15-10)2-1-3-13/h4-5H,1-3,13H2. The van der Waals surface area contributed by atoms with Gasteiger partial charge in [-0.2, -0.15) is 0 Å². The molecule has 2 aromatic rings. The molecule has 0 aliphatic heterocycles. The number of hydrogen-bond donors (Lipinski definition) is 1. The molecule has 0 spiro atoms. The molecular weight excluding hydrogens is 202 g/mol. The van der Waals surface area contributed by atoms with Gasteiger partial charge in [0.15, 0.2) is 17.3 Å². The molecule has 0 unspecified atom stereocenters. The van der Waals surface area contributed by atoms with Gasteiger partial charge in [-0.15, -0.1) is 0 Å². The highest BCUT2D eigenvalue weighted by Crippen LogP contribution is 2.20. The average molecular weight is 212 g/mol. The second-order valence-electron chi connectivity index (χ2n) is 3.24. The minimum Gasteiger partial charge on any atom is -0.438 e. The van der Waals surface area contributed by atoms with Crippen LogP contribution in [-0.2, 0) is 6.42 Å². The first-order chi connectivity index (χ1) is 7.20. The molecule has 0 bridgehead atoms. The van der Waals surface area contributed by atoms with E-state index in [2.05, 4.69) is 4.98 Å². The van der Waals surface area contributed by atoms with Crippen molar-refractivity contribution in [3.8, 4) is 0 Å². The molecule has 2 N–H and O–H groups in total. The second kappa shape index (κ2) is 3.94. The summed E-state index contributed by atoms with van der Waals surface area (Å²) in [5.41, 5.74) is 5.53. The molecule has 3 nitrogen and oxygen atoms in total. The van der Waals surface area contributed by atoms with Crippen LogP contribution in [0.2, 0.25) is 0 Å². The maximum atomic E-state index is 13.2. The summed E-state index contributed by atoms with van der Waals surface area (Å²) in [5.74, 6) is -0.991. The largest absolute Gasteiger partial charge is 0.438 e. The highest BCUT2D eigenvalue weighted by atomic mass is 19.1. The zero-order valence-corrected chi connectivity index (χ0v) is 7.96. The zero-order chi connectivity index (χ0) is 10.8. The smallest absolute Gasteiger partial charge is 0.195 e. The molecule has 0 radical (unpaired) electrons. The van der Waals surface area contributed by atoms with Gasteiger partial charge in [-0.25, -0.2) is 13.8 Å². The fraction of sp³-hybridized carbons (Fsp3) is 0.300. The molecule has 0 saturated heterocycles. The summed E-state index contributed by atoms with van der Waals surface area (Å²) in [4.78, 5) is 3.97. The van der Waals surface area contributed by atoms with Crippen LogP contribution in [0, 0.1) is 11.6 Å². The number of aromatic nitrogens is 1. The van der Waals surface area contributed by atoms with Gasteiger partial charge in [-0.3, -0.25) is 0 Å². The van der Waals surface area contributed by atoms with Crippen LogP contribution in [0.1, 0.15) is 12.3 Å². The molecule has 1 heterocycles. The minimum atomic E-state index is -0.725. The summed E-state index contributed by atoms with van der Waals surface area (Å²) < 4.78 is 31.1. The van der Waals surface area contributed by atoms with Crippen LogP contribution in [0.4, 0.5) is 8.78 Å². The number of rotatable bonds is 3. The molecular formula is C10H10F2N2O. The Bertz CT molecular complexity index is 481. The van der Waals surface area contributed by atoms with Gasteiger partial charge in [-0.1, -0.05) is 0 Å². The van der Waals surface area contributed by atoms with E-state index in [-0.39, 0.29) is 11.1 Å². The first kappa shape index (κ1) is 10.0. The van der Waals surface area contributed by atoms with E-state index in [1.165, 1.54) is 0 Å². The van der Waals surface area contributed by atoms with Crippen LogP contribution in [-0.4, -0.2) is 11.5 Å². The van der Waals surface area contributed by atoms with E-state index in [0.29, 0.717) is 25.3 Å². The van der Waals surface area contributed by atoms with E-state index in [1.807, 2.05) is 0 Å². The molecule has 0 aliphatic rings. The number of nitrogens with zero attached hydrogens (tertiary/aromatic N) is 1. The topological polar surface area (TPSA) is 52.0 Å². The van der Waals surface area contributed by atoms with Gasteiger partial charge >= 0.3 is 0 Å². The molecule has 2 rings (SSSR count). The SMILES string of the molecule is NCCCc1nc2cc(F)cc(F)c2o1. The van der Waals surface area contributed by atoms with Crippen molar-refractivity contribution < 1.29 is 13.2 Å². The van der Waals surface area contributed by atoms with Gasteiger partial charge in [-0.05, 0) is 13.0 Å². The van der Waals surface area contributed by atoms with E-state index < -0.39 is 11.6 Å². The van der Waals surface area contributed by atoms with Gasteiger partial charge in [0, 0.05) is 18.6 Å². The van der Waals surface area contributed by atoms with Crippen LogP contribution in [0.5, 0.6) is 0 Å². The van der Waals surface area contributed by atoms with Crippen molar-refractivity contribution >= 4 is 11.1 Å². The Morgan fingerprint density at radius 2 is 2.13 bits per heavy atom. The highest BCUT2D eigenvalue weighted by molar-refractivity contribution is 5.73. The predicted octanol–water partition coefficient (Wildman–Crippen LogP) is 2.00. The maximum absolute atomic E-state index is 13.2. The normalized spacial score (nSPS) is 11.1. The molecule has 0 amide bonds. The van der Waals surface area contributed by atoms with E-state index >= 15 is 0 Å². The summed E-state index contributed by atoms with van der Waals surface area (Å²) in [6.45, 7) is 0.509. The lowest BCUT2D eigenvalue weighted by atomic mass is 10.3. The van der Waals surface area contributed by atoms with Crippen LogP contribution < -0.4 is 5.73 Å². The third-order valence-electron chi connectivity index (χ3n) is 2.05. The van der Waals surface area contributed by atoms with Gasteiger partial charge in [0.2, 0.25) is 0 Å².